The highest BCUT2D eigenvalue weighted by Crippen LogP contribution is 2.29. The van der Waals surface area contributed by atoms with E-state index >= 15 is 0 Å². The number of carbonyl (C=O) groups excluding carboxylic acids is 2. The van der Waals surface area contributed by atoms with Gasteiger partial charge in [0.25, 0.3) is 0 Å². The molecule has 190 valence electrons. The largest absolute Gasteiger partial charge is 0.493 e. The molecule has 2 amide bonds. The number of amides is 2. The lowest BCUT2D eigenvalue weighted by atomic mass is 10.1. The van der Waals surface area contributed by atoms with E-state index in [1.807, 2.05) is 60.7 Å². The van der Waals surface area contributed by atoms with Crippen LogP contribution in [-0.2, 0) is 29.0 Å². The quantitative estimate of drug-likeness (QED) is 0.353. The van der Waals surface area contributed by atoms with E-state index in [2.05, 4.69) is 0 Å². The molecule has 7 nitrogen and oxygen atoms in total. The first-order valence-electron chi connectivity index (χ1n) is 12.4. The summed E-state index contributed by atoms with van der Waals surface area (Å²) in [7, 11) is 3.21. The molecule has 0 bridgehead atoms. The van der Waals surface area contributed by atoms with Crippen LogP contribution in [0.1, 0.15) is 36.1 Å². The number of benzene rings is 2. The normalized spacial score (nSPS) is 12.7. The van der Waals surface area contributed by atoms with Crippen LogP contribution >= 0.6 is 0 Å². The second-order valence-electron chi connectivity index (χ2n) is 9.07. The molecule has 4 rings (SSSR count). The molecule has 3 aromatic rings. The molecular weight excluding hydrogens is 456 g/mol. The second kappa shape index (κ2) is 12.3. The Morgan fingerprint density at radius 3 is 2.33 bits per heavy atom. The third-order valence-electron chi connectivity index (χ3n) is 6.48. The molecule has 0 radical (unpaired) electrons. The highest BCUT2D eigenvalue weighted by Gasteiger charge is 2.34. The zero-order chi connectivity index (χ0) is 25.3. The second-order valence-corrected chi connectivity index (χ2v) is 9.07. The first-order chi connectivity index (χ1) is 17.6. The number of furan rings is 1. The maximum Gasteiger partial charge on any atom is 0.242 e. The fraction of sp³-hybridized carbons (Fsp3) is 0.379. The molecule has 1 saturated carbocycles. The molecule has 1 aliphatic rings. The molecule has 0 unspecified atom stereocenters. The van der Waals surface area contributed by atoms with E-state index in [4.69, 9.17) is 13.9 Å². The Balaban J connectivity index is 1.42. The minimum Gasteiger partial charge on any atom is -0.493 e. The third-order valence-corrected chi connectivity index (χ3v) is 6.48. The Morgan fingerprint density at radius 2 is 1.67 bits per heavy atom. The Bertz CT molecular complexity index is 1130. The van der Waals surface area contributed by atoms with Crippen LogP contribution in [0.5, 0.6) is 11.5 Å². The van der Waals surface area contributed by atoms with Gasteiger partial charge in [0.15, 0.2) is 11.5 Å². The van der Waals surface area contributed by atoms with Crippen LogP contribution in [0.15, 0.2) is 71.3 Å². The number of ether oxygens (including phenoxy) is 2. The number of methoxy groups -OCH3 is 2. The van der Waals surface area contributed by atoms with E-state index < -0.39 is 0 Å². The molecule has 0 spiro atoms. The fourth-order valence-corrected chi connectivity index (χ4v) is 4.28. The number of rotatable bonds is 13. The molecule has 1 fully saturated rings. The first kappa shape index (κ1) is 25.4. The zero-order valence-corrected chi connectivity index (χ0v) is 21.0. The summed E-state index contributed by atoms with van der Waals surface area (Å²) in [5.41, 5.74) is 2.16. The topological polar surface area (TPSA) is 72.2 Å². The van der Waals surface area contributed by atoms with Crippen LogP contribution in [0.25, 0.3) is 0 Å². The Labute approximate surface area is 212 Å². The van der Waals surface area contributed by atoms with Crippen molar-refractivity contribution < 1.29 is 23.5 Å². The monoisotopic (exact) mass is 490 g/mol. The van der Waals surface area contributed by atoms with Crippen LogP contribution in [0.4, 0.5) is 0 Å². The van der Waals surface area contributed by atoms with Crippen molar-refractivity contribution in [3.63, 3.8) is 0 Å². The summed E-state index contributed by atoms with van der Waals surface area (Å²) in [5.74, 6) is 1.99. The average molecular weight is 491 g/mol. The van der Waals surface area contributed by atoms with Gasteiger partial charge >= 0.3 is 0 Å². The zero-order valence-electron chi connectivity index (χ0n) is 21.0. The smallest absolute Gasteiger partial charge is 0.242 e. The standard InChI is InChI=1S/C29H34N2O5/c1-34-26-14-10-23(19-27(26)35-2)16-17-30(20-25-9-6-18-36-25)29(33)21-31(24-12-13-24)28(32)15-11-22-7-4-3-5-8-22/h3-10,14,18-19,24H,11-13,15-17,20-21H2,1-2H3. The highest BCUT2D eigenvalue weighted by molar-refractivity contribution is 5.85. The van der Waals surface area contributed by atoms with Crippen molar-refractivity contribution in [1.29, 1.82) is 0 Å². The Morgan fingerprint density at radius 1 is 0.889 bits per heavy atom. The molecule has 1 heterocycles. The van der Waals surface area contributed by atoms with Crippen molar-refractivity contribution in [2.24, 2.45) is 0 Å². The number of carbonyl (C=O) groups is 2. The van der Waals surface area contributed by atoms with Gasteiger partial charge in [0, 0.05) is 19.0 Å². The average Bonchev–Trinajstić information content (AvgIpc) is 3.63. The van der Waals surface area contributed by atoms with E-state index in [9.17, 15) is 9.59 Å². The molecule has 0 saturated heterocycles. The lowest BCUT2D eigenvalue weighted by Crippen LogP contribution is -2.44. The van der Waals surface area contributed by atoms with Crippen molar-refractivity contribution in [3.05, 3.63) is 83.8 Å². The summed E-state index contributed by atoms with van der Waals surface area (Å²) >= 11 is 0. The van der Waals surface area contributed by atoms with E-state index in [1.54, 1.807) is 30.3 Å². The van der Waals surface area contributed by atoms with Crippen molar-refractivity contribution in [3.8, 4) is 11.5 Å². The molecule has 0 N–H and O–H groups in total. The highest BCUT2D eigenvalue weighted by atomic mass is 16.5. The molecule has 2 aromatic carbocycles. The SMILES string of the molecule is COc1ccc(CCN(Cc2ccco2)C(=O)CN(C(=O)CCc2ccccc2)C2CC2)cc1OC. The lowest BCUT2D eigenvalue weighted by molar-refractivity contribution is -0.141. The number of hydrogen-bond donors (Lipinski definition) is 0. The lowest BCUT2D eigenvalue weighted by Gasteiger charge is -2.27. The van der Waals surface area contributed by atoms with Crippen molar-refractivity contribution in [2.45, 2.75) is 44.7 Å². The molecule has 0 aliphatic heterocycles. The molecule has 1 aliphatic carbocycles. The predicted octanol–water partition coefficient (Wildman–Crippen LogP) is 4.49. The van der Waals surface area contributed by atoms with Crippen LogP contribution in [0, 0.1) is 0 Å². The maximum absolute atomic E-state index is 13.5. The summed E-state index contributed by atoms with van der Waals surface area (Å²) in [6, 6.07) is 19.6. The minimum atomic E-state index is -0.0770. The van der Waals surface area contributed by atoms with Gasteiger partial charge < -0.3 is 23.7 Å². The summed E-state index contributed by atoms with van der Waals surface area (Å²) < 4.78 is 16.3. The van der Waals surface area contributed by atoms with Gasteiger partial charge in [-0.1, -0.05) is 36.4 Å². The number of hydrogen-bond acceptors (Lipinski definition) is 5. The van der Waals surface area contributed by atoms with Crippen molar-refractivity contribution in [1.82, 2.24) is 9.80 Å². The van der Waals surface area contributed by atoms with Gasteiger partial charge in [0.1, 0.15) is 12.3 Å². The van der Waals surface area contributed by atoms with Crippen LogP contribution in [-0.4, -0.2) is 55.0 Å². The Kier molecular flexibility index (Phi) is 8.66. The van der Waals surface area contributed by atoms with Gasteiger partial charge in [-0.05, 0) is 61.1 Å². The predicted molar refractivity (Wildman–Crippen MR) is 137 cm³/mol. The summed E-state index contributed by atoms with van der Waals surface area (Å²) in [6.45, 7) is 0.937. The van der Waals surface area contributed by atoms with Crippen molar-refractivity contribution >= 4 is 11.8 Å². The van der Waals surface area contributed by atoms with Gasteiger partial charge in [0.05, 0.1) is 27.0 Å². The third kappa shape index (κ3) is 6.90. The van der Waals surface area contributed by atoms with Crippen LogP contribution in [0.3, 0.4) is 0 Å². The van der Waals surface area contributed by atoms with Gasteiger partial charge in [0.2, 0.25) is 11.8 Å². The van der Waals surface area contributed by atoms with E-state index in [1.165, 1.54) is 0 Å². The minimum absolute atomic E-state index is 0.0348. The van der Waals surface area contributed by atoms with Crippen molar-refractivity contribution in [2.75, 3.05) is 27.3 Å². The van der Waals surface area contributed by atoms with Gasteiger partial charge in [-0.2, -0.15) is 0 Å². The van der Waals surface area contributed by atoms with Gasteiger partial charge in [-0.25, -0.2) is 0 Å². The summed E-state index contributed by atoms with van der Waals surface area (Å²) in [4.78, 5) is 30.1. The maximum atomic E-state index is 13.5. The number of aryl methyl sites for hydroxylation is 1. The van der Waals surface area contributed by atoms with Gasteiger partial charge in [-0.15, -0.1) is 0 Å². The van der Waals surface area contributed by atoms with Crippen LogP contribution < -0.4 is 9.47 Å². The van der Waals surface area contributed by atoms with E-state index in [0.717, 1.165) is 24.0 Å². The molecule has 36 heavy (non-hydrogen) atoms. The van der Waals surface area contributed by atoms with Gasteiger partial charge in [-0.3, -0.25) is 9.59 Å². The molecular formula is C29H34N2O5. The Hall–Kier alpha value is -3.74. The summed E-state index contributed by atoms with van der Waals surface area (Å²) in [5, 5.41) is 0. The first-order valence-corrected chi connectivity index (χ1v) is 12.4. The van der Waals surface area contributed by atoms with E-state index in [0.29, 0.717) is 49.6 Å². The number of nitrogens with zero attached hydrogens (tertiary/aromatic N) is 2. The molecule has 7 heteroatoms. The van der Waals surface area contributed by atoms with E-state index in [-0.39, 0.29) is 24.4 Å². The molecule has 1 aromatic heterocycles. The summed E-state index contributed by atoms with van der Waals surface area (Å²) in [6.07, 6.45) is 5.22. The fourth-order valence-electron chi connectivity index (χ4n) is 4.28. The molecule has 0 atom stereocenters. The van der Waals surface area contributed by atoms with Crippen LogP contribution in [0.2, 0.25) is 0 Å².